The molecule has 154 valence electrons. The van der Waals surface area contributed by atoms with Crippen LogP contribution in [0.2, 0.25) is 0 Å². The van der Waals surface area contributed by atoms with Gasteiger partial charge in [0.15, 0.2) is 5.78 Å². The number of benzene rings is 1. The molecule has 1 atom stereocenters. The van der Waals surface area contributed by atoms with Gasteiger partial charge in [-0.05, 0) is 55.9 Å². The van der Waals surface area contributed by atoms with Crippen molar-refractivity contribution in [1.82, 2.24) is 4.90 Å². The molecule has 0 spiro atoms. The second-order valence-corrected chi connectivity index (χ2v) is 8.74. The van der Waals surface area contributed by atoms with Crippen molar-refractivity contribution < 1.29 is 9.59 Å². The van der Waals surface area contributed by atoms with Crippen molar-refractivity contribution in [2.75, 3.05) is 6.54 Å². The van der Waals surface area contributed by atoms with Crippen LogP contribution in [-0.2, 0) is 16.0 Å². The summed E-state index contributed by atoms with van der Waals surface area (Å²) in [6, 6.07) is 10.2. The summed E-state index contributed by atoms with van der Waals surface area (Å²) in [5, 5.41) is 0. The van der Waals surface area contributed by atoms with Crippen molar-refractivity contribution in [1.29, 1.82) is 0 Å². The zero-order chi connectivity index (χ0) is 20.6. The van der Waals surface area contributed by atoms with Gasteiger partial charge in [-0.15, -0.1) is 0 Å². The second kappa shape index (κ2) is 10.6. The number of likely N-dealkylation sites (tertiary alicyclic amines) is 1. The number of piperidine rings is 1. The van der Waals surface area contributed by atoms with Gasteiger partial charge in [0.05, 0.1) is 6.04 Å². The van der Waals surface area contributed by atoms with E-state index >= 15 is 0 Å². The molecule has 1 aliphatic rings. The van der Waals surface area contributed by atoms with Gasteiger partial charge in [0.1, 0.15) is 0 Å². The number of amides is 1. The van der Waals surface area contributed by atoms with Crippen molar-refractivity contribution in [2.24, 2.45) is 5.41 Å². The molecule has 1 unspecified atom stereocenters. The lowest BCUT2D eigenvalue weighted by molar-refractivity contribution is -0.139. The van der Waals surface area contributed by atoms with E-state index in [-0.39, 0.29) is 23.1 Å². The third kappa shape index (κ3) is 6.05. The number of carbonyl (C=O) groups is 2. The highest BCUT2D eigenvalue weighted by atomic mass is 16.2. The fourth-order valence-electron chi connectivity index (χ4n) is 3.80. The van der Waals surface area contributed by atoms with E-state index in [1.165, 1.54) is 5.56 Å². The number of nitrogens with zero attached hydrogens (tertiary/aromatic N) is 1. The highest BCUT2D eigenvalue weighted by molar-refractivity contribution is 5.98. The van der Waals surface area contributed by atoms with Crippen molar-refractivity contribution in [3.05, 3.63) is 48.0 Å². The molecule has 3 heteroatoms. The molecule has 1 saturated heterocycles. The first-order valence-electron chi connectivity index (χ1n) is 10.9. The fraction of sp³-hybridized carbons (Fsp3) is 0.600. The lowest BCUT2D eigenvalue weighted by Gasteiger charge is -2.38. The summed E-state index contributed by atoms with van der Waals surface area (Å²) in [5.74, 6) is 0.212. The lowest BCUT2D eigenvalue weighted by Crippen LogP contribution is -2.49. The Balaban J connectivity index is 1.84. The number of hydrogen-bond acceptors (Lipinski definition) is 2. The molecule has 2 rings (SSSR count). The average Bonchev–Trinajstić information content (AvgIpc) is 2.73. The van der Waals surface area contributed by atoms with Gasteiger partial charge < -0.3 is 4.90 Å². The van der Waals surface area contributed by atoms with Gasteiger partial charge in [0.2, 0.25) is 5.91 Å². The highest BCUT2D eigenvalue weighted by Crippen LogP contribution is 2.32. The topological polar surface area (TPSA) is 37.4 Å². The maximum Gasteiger partial charge on any atom is 0.250 e. The summed E-state index contributed by atoms with van der Waals surface area (Å²) in [6.45, 7) is 11.0. The first kappa shape index (κ1) is 22.4. The highest BCUT2D eigenvalue weighted by Gasteiger charge is 2.35. The van der Waals surface area contributed by atoms with E-state index < -0.39 is 0 Å². The maximum absolute atomic E-state index is 13.0. The van der Waals surface area contributed by atoms with Gasteiger partial charge >= 0.3 is 0 Å². The molecule has 1 heterocycles. The van der Waals surface area contributed by atoms with Crippen LogP contribution in [0.5, 0.6) is 0 Å². The number of unbranched alkanes of at least 4 members (excludes halogenated alkanes) is 2. The van der Waals surface area contributed by atoms with Crippen LogP contribution in [-0.4, -0.2) is 29.2 Å². The fourth-order valence-corrected chi connectivity index (χ4v) is 3.80. The molecule has 1 aliphatic heterocycles. The minimum Gasteiger partial charge on any atom is -0.329 e. The number of aryl methyl sites for hydroxylation is 1. The Bertz CT molecular complexity index is 662. The van der Waals surface area contributed by atoms with Crippen molar-refractivity contribution in [3.63, 3.8) is 0 Å². The molecule has 1 aromatic carbocycles. The van der Waals surface area contributed by atoms with Crippen molar-refractivity contribution >= 4 is 11.7 Å². The summed E-state index contributed by atoms with van der Waals surface area (Å²) in [6.07, 6.45) is 8.38. The molecule has 0 saturated carbocycles. The van der Waals surface area contributed by atoms with Gasteiger partial charge in [0, 0.05) is 18.5 Å². The average molecular weight is 384 g/mol. The Kier molecular flexibility index (Phi) is 8.47. The number of rotatable bonds is 10. The van der Waals surface area contributed by atoms with E-state index in [1.54, 1.807) is 0 Å². The zero-order valence-corrected chi connectivity index (χ0v) is 18.0. The SMILES string of the molecule is C=C(C(=O)N1CCCCC1C(=O)CCCCCc1ccccc1)C(C)(C)CC. The molecule has 0 radical (unpaired) electrons. The van der Waals surface area contributed by atoms with Gasteiger partial charge in [-0.2, -0.15) is 0 Å². The molecule has 0 N–H and O–H groups in total. The molecule has 0 aromatic heterocycles. The molecule has 3 nitrogen and oxygen atoms in total. The van der Waals surface area contributed by atoms with Crippen LogP contribution < -0.4 is 0 Å². The van der Waals surface area contributed by atoms with E-state index in [4.69, 9.17) is 0 Å². The summed E-state index contributed by atoms with van der Waals surface area (Å²) >= 11 is 0. The smallest absolute Gasteiger partial charge is 0.250 e. The van der Waals surface area contributed by atoms with Crippen LogP contribution in [0, 0.1) is 5.41 Å². The normalized spacial score (nSPS) is 17.4. The van der Waals surface area contributed by atoms with E-state index in [9.17, 15) is 9.59 Å². The van der Waals surface area contributed by atoms with Crippen LogP contribution in [0.1, 0.15) is 77.7 Å². The van der Waals surface area contributed by atoms with Crippen molar-refractivity contribution in [2.45, 2.75) is 84.6 Å². The molecular weight excluding hydrogens is 346 g/mol. The van der Waals surface area contributed by atoms with E-state index in [1.807, 2.05) is 11.0 Å². The van der Waals surface area contributed by atoms with Gasteiger partial charge in [0.25, 0.3) is 0 Å². The molecule has 1 amide bonds. The summed E-state index contributed by atoms with van der Waals surface area (Å²) in [4.78, 5) is 27.7. The van der Waals surface area contributed by atoms with Gasteiger partial charge in [-0.3, -0.25) is 9.59 Å². The molecule has 0 aliphatic carbocycles. The third-order valence-corrected chi connectivity index (χ3v) is 6.33. The number of carbonyl (C=O) groups excluding carboxylic acids is 2. The quantitative estimate of drug-likeness (QED) is 0.382. The second-order valence-electron chi connectivity index (χ2n) is 8.74. The Morgan fingerprint density at radius 3 is 2.50 bits per heavy atom. The van der Waals surface area contributed by atoms with Crippen LogP contribution in [0.3, 0.4) is 0 Å². The lowest BCUT2D eigenvalue weighted by atomic mass is 9.81. The number of hydrogen-bond donors (Lipinski definition) is 0. The minimum absolute atomic E-state index is 0.0195. The maximum atomic E-state index is 13.0. The van der Waals surface area contributed by atoms with Crippen molar-refractivity contribution in [3.8, 4) is 0 Å². The van der Waals surface area contributed by atoms with Crippen LogP contribution in [0.15, 0.2) is 42.5 Å². The summed E-state index contributed by atoms with van der Waals surface area (Å²) in [7, 11) is 0. The predicted octanol–water partition coefficient (Wildman–Crippen LogP) is 5.73. The summed E-state index contributed by atoms with van der Waals surface area (Å²) in [5.41, 5.74) is 1.77. The van der Waals surface area contributed by atoms with Crippen LogP contribution in [0.25, 0.3) is 0 Å². The van der Waals surface area contributed by atoms with Crippen LogP contribution in [0.4, 0.5) is 0 Å². The van der Waals surface area contributed by atoms with E-state index in [2.05, 4.69) is 51.6 Å². The largest absolute Gasteiger partial charge is 0.329 e. The molecule has 28 heavy (non-hydrogen) atoms. The first-order valence-corrected chi connectivity index (χ1v) is 10.9. The predicted molar refractivity (Wildman–Crippen MR) is 116 cm³/mol. The van der Waals surface area contributed by atoms with E-state index in [0.29, 0.717) is 18.5 Å². The Morgan fingerprint density at radius 1 is 1.11 bits per heavy atom. The Hall–Kier alpha value is -1.90. The Morgan fingerprint density at radius 2 is 1.82 bits per heavy atom. The molecule has 1 aromatic rings. The monoisotopic (exact) mass is 383 g/mol. The first-order chi connectivity index (χ1) is 13.4. The zero-order valence-electron chi connectivity index (χ0n) is 18.0. The van der Waals surface area contributed by atoms with Gasteiger partial charge in [-0.1, -0.05) is 64.1 Å². The molecule has 0 bridgehead atoms. The third-order valence-electron chi connectivity index (χ3n) is 6.33. The number of Topliss-reactive ketones (excluding diaryl/α,β-unsaturated/α-hetero) is 1. The van der Waals surface area contributed by atoms with Crippen LogP contribution >= 0.6 is 0 Å². The number of ketones is 1. The van der Waals surface area contributed by atoms with E-state index in [0.717, 1.165) is 51.4 Å². The van der Waals surface area contributed by atoms with Gasteiger partial charge in [-0.25, -0.2) is 0 Å². The Labute approximate surface area is 171 Å². The molecular formula is C25H37NO2. The standard InChI is InChI=1S/C25H37NO2/c1-5-25(3,4)20(2)24(28)26-19-13-12-17-22(26)23(27)18-11-7-10-16-21-14-8-6-9-15-21/h6,8-9,14-15,22H,2,5,7,10-13,16-19H2,1,3-4H3. The minimum atomic E-state index is -0.250. The summed E-state index contributed by atoms with van der Waals surface area (Å²) < 4.78 is 0. The molecule has 1 fully saturated rings.